The van der Waals surface area contributed by atoms with Crippen molar-refractivity contribution in [2.45, 2.75) is 44.8 Å². The fraction of sp³-hybridized carbons (Fsp3) is 0.846. The van der Waals surface area contributed by atoms with E-state index < -0.39 is 9.84 Å². The van der Waals surface area contributed by atoms with E-state index in [1.54, 1.807) is 0 Å². The van der Waals surface area contributed by atoms with Crippen LogP contribution >= 0.6 is 0 Å². The predicted molar refractivity (Wildman–Crippen MR) is 77.6 cm³/mol. The summed E-state index contributed by atoms with van der Waals surface area (Å²) in [5.74, 6) is 1.67. The molecule has 2 aliphatic rings. The molecular formula is C13H22N4O3S. The average molecular weight is 314 g/mol. The van der Waals surface area contributed by atoms with Gasteiger partial charge in [0.05, 0.1) is 18.1 Å². The van der Waals surface area contributed by atoms with E-state index in [2.05, 4.69) is 20.4 Å². The Hall–Kier alpha value is -0.990. The number of rotatable bonds is 5. The van der Waals surface area contributed by atoms with Gasteiger partial charge >= 0.3 is 0 Å². The van der Waals surface area contributed by atoms with Gasteiger partial charge < -0.3 is 9.84 Å². The fourth-order valence-electron chi connectivity index (χ4n) is 3.19. The minimum atomic E-state index is -2.95. The summed E-state index contributed by atoms with van der Waals surface area (Å²) in [5.41, 5.74) is 0. The Morgan fingerprint density at radius 1 is 1.33 bits per heavy atom. The summed E-state index contributed by atoms with van der Waals surface area (Å²) < 4.78 is 29.0. The molecule has 0 aliphatic carbocycles. The van der Waals surface area contributed by atoms with Crippen molar-refractivity contribution in [1.82, 2.24) is 20.4 Å². The van der Waals surface area contributed by atoms with Gasteiger partial charge in [0.15, 0.2) is 15.7 Å². The highest BCUT2D eigenvalue weighted by molar-refractivity contribution is 7.91. The largest absolute Gasteiger partial charge is 0.339 e. The van der Waals surface area contributed by atoms with Gasteiger partial charge in [0, 0.05) is 18.5 Å². The molecule has 8 heteroatoms. The molecule has 2 aliphatic heterocycles. The van der Waals surface area contributed by atoms with Gasteiger partial charge in [0.2, 0.25) is 5.89 Å². The van der Waals surface area contributed by atoms with E-state index in [9.17, 15) is 8.42 Å². The Morgan fingerprint density at radius 2 is 2.10 bits per heavy atom. The summed E-state index contributed by atoms with van der Waals surface area (Å²) in [4.78, 5) is 6.55. The molecule has 1 aromatic heterocycles. The molecule has 0 radical (unpaired) electrons. The Morgan fingerprint density at radius 3 is 2.76 bits per heavy atom. The van der Waals surface area contributed by atoms with E-state index in [1.807, 2.05) is 6.92 Å². The zero-order valence-corrected chi connectivity index (χ0v) is 13.1. The molecule has 0 bridgehead atoms. The standard InChI is InChI=1S/C13H22N4O3S/c1-2-13-15-12(16-20-13)7-14-10-8-21(18,19)9-11(10)17-5-3-4-6-17/h10-11,14H,2-9H2,1H3/t10-,11+/m1/s1. The van der Waals surface area contributed by atoms with Crippen molar-refractivity contribution in [2.24, 2.45) is 0 Å². The molecule has 3 rings (SSSR count). The zero-order valence-electron chi connectivity index (χ0n) is 12.3. The van der Waals surface area contributed by atoms with E-state index in [0.29, 0.717) is 24.7 Å². The molecule has 0 aromatic carbocycles. The number of aryl methyl sites for hydroxylation is 1. The minimum absolute atomic E-state index is 0.0447. The number of sulfone groups is 1. The van der Waals surface area contributed by atoms with Crippen LogP contribution in [-0.2, 0) is 22.8 Å². The second kappa shape index (κ2) is 6.02. The average Bonchev–Trinajstić information content (AvgIpc) is 3.15. The first kappa shape index (κ1) is 14.9. The predicted octanol–water partition coefficient (Wildman–Crippen LogP) is -0.0170. The molecule has 0 spiro atoms. The highest BCUT2D eigenvalue weighted by Gasteiger charge is 2.41. The minimum Gasteiger partial charge on any atom is -0.339 e. The van der Waals surface area contributed by atoms with E-state index in [1.165, 1.54) is 0 Å². The highest BCUT2D eigenvalue weighted by atomic mass is 32.2. The first-order valence-electron chi connectivity index (χ1n) is 7.57. The maximum atomic E-state index is 12.0. The van der Waals surface area contributed by atoms with Crippen LogP contribution in [0.3, 0.4) is 0 Å². The first-order chi connectivity index (χ1) is 10.1. The van der Waals surface area contributed by atoms with Gasteiger partial charge in [0.1, 0.15) is 0 Å². The number of likely N-dealkylation sites (tertiary alicyclic amines) is 1. The Balaban J connectivity index is 1.64. The molecule has 7 nitrogen and oxygen atoms in total. The van der Waals surface area contributed by atoms with E-state index in [0.717, 1.165) is 25.9 Å². The normalized spacial score (nSPS) is 29.2. The van der Waals surface area contributed by atoms with Gasteiger partial charge in [-0.3, -0.25) is 4.90 Å². The van der Waals surface area contributed by atoms with Gasteiger partial charge in [-0.15, -0.1) is 0 Å². The third kappa shape index (κ3) is 3.44. The van der Waals surface area contributed by atoms with E-state index in [-0.39, 0.29) is 23.6 Å². The van der Waals surface area contributed by atoms with Crippen molar-refractivity contribution >= 4 is 9.84 Å². The van der Waals surface area contributed by atoms with E-state index >= 15 is 0 Å². The van der Waals surface area contributed by atoms with Crippen LogP contribution in [0.15, 0.2) is 4.52 Å². The summed E-state index contributed by atoms with van der Waals surface area (Å²) in [6.07, 6.45) is 3.03. The van der Waals surface area contributed by atoms with Crippen LogP contribution in [0.2, 0.25) is 0 Å². The third-order valence-electron chi connectivity index (χ3n) is 4.27. The smallest absolute Gasteiger partial charge is 0.226 e. The van der Waals surface area contributed by atoms with Crippen molar-refractivity contribution in [3.8, 4) is 0 Å². The molecule has 118 valence electrons. The van der Waals surface area contributed by atoms with Gasteiger partial charge in [-0.1, -0.05) is 12.1 Å². The van der Waals surface area contributed by atoms with Crippen molar-refractivity contribution < 1.29 is 12.9 Å². The molecule has 0 saturated carbocycles. The van der Waals surface area contributed by atoms with Crippen molar-refractivity contribution in [3.05, 3.63) is 11.7 Å². The lowest BCUT2D eigenvalue weighted by molar-refractivity contribution is 0.225. The summed E-state index contributed by atoms with van der Waals surface area (Å²) in [6.45, 7) is 4.41. The fourth-order valence-corrected chi connectivity index (χ4v) is 5.17. The molecule has 2 fully saturated rings. The lowest BCUT2D eigenvalue weighted by atomic mass is 10.1. The summed E-state index contributed by atoms with van der Waals surface area (Å²) in [5, 5.41) is 7.21. The molecule has 0 unspecified atom stereocenters. The molecule has 2 saturated heterocycles. The molecule has 1 N–H and O–H groups in total. The van der Waals surface area contributed by atoms with Crippen LogP contribution in [0, 0.1) is 0 Å². The zero-order chi connectivity index (χ0) is 14.9. The van der Waals surface area contributed by atoms with Crippen LogP contribution in [0.25, 0.3) is 0 Å². The maximum absolute atomic E-state index is 12.0. The van der Waals surface area contributed by atoms with Gasteiger partial charge in [-0.25, -0.2) is 8.42 Å². The number of nitrogens with zero attached hydrogens (tertiary/aromatic N) is 3. The van der Waals surface area contributed by atoms with E-state index in [4.69, 9.17) is 4.52 Å². The van der Waals surface area contributed by atoms with Crippen molar-refractivity contribution in [1.29, 1.82) is 0 Å². The van der Waals surface area contributed by atoms with Gasteiger partial charge in [-0.2, -0.15) is 4.98 Å². The van der Waals surface area contributed by atoms with Crippen molar-refractivity contribution in [3.63, 3.8) is 0 Å². The second-order valence-electron chi connectivity index (χ2n) is 5.83. The third-order valence-corrected chi connectivity index (χ3v) is 5.98. The van der Waals surface area contributed by atoms with Crippen LogP contribution in [0.5, 0.6) is 0 Å². The second-order valence-corrected chi connectivity index (χ2v) is 7.99. The summed E-state index contributed by atoms with van der Waals surface area (Å²) in [6, 6.07) is 0.0340. The van der Waals surface area contributed by atoms with Crippen LogP contribution in [0.1, 0.15) is 31.5 Å². The molecular weight excluding hydrogens is 292 g/mol. The topological polar surface area (TPSA) is 88.3 Å². The monoisotopic (exact) mass is 314 g/mol. The van der Waals surface area contributed by atoms with Gasteiger partial charge in [0.25, 0.3) is 0 Å². The van der Waals surface area contributed by atoms with Crippen LogP contribution < -0.4 is 5.32 Å². The number of nitrogens with one attached hydrogen (secondary N) is 1. The molecule has 0 amide bonds. The maximum Gasteiger partial charge on any atom is 0.226 e. The quantitative estimate of drug-likeness (QED) is 0.817. The first-order valence-corrected chi connectivity index (χ1v) is 9.39. The Kier molecular flexibility index (Phi) is 4.28. The Labute approximate surface area is 125 Å². The summed E-state index contributed by atoms with van der Waals surface area (Å²) >= 11 is 0. The Bertz CT molecular complexity index is 580. The van der Waals surface area contributed by atoms with Gasteiger partial charge in [-0.05, 0) is 25.9 Å². The number of hydrogen-bond acceptors (Lipinski definition) is 7. The lowest BCUT2D eigenvalue weighted by Crippen LogP contribution is -2.48. The molecule has 21 heavy (non-hydrogen) atoms. The van der Waals surface area contributed by atoms with Crippen LogP contribution in [0.4, 0.5) is 0 Å². The summed E-state index contributed by atoms with van der Waals surface area (Å²) in [7, 11) is -2.95. The lowest BCUT2D eigenvalue weighted by Gasteiger charge is -2.28. The molecule has 2 atom stereocenters. The molecule has 3 heterocycles. The SMILES string of the molecule is CCc1nc(CN[C@@H]2CS(=O)(=O)C[C@@H]2N2CCCC2)no1. The number of hydrogen-bond donors (Lipinski definition) is 1. The number of aromatic nitrogens is 2. The highest BCUT2D eigenvalue weighted by Crippen LogP contribution is 2.22. The van der Waals surface area contributed by atoms with Crippen molar-refractivity contribution in [2.75, 3.05) is 24.6 Å². The molecule has 1 aromatic rings. The van der Waals surface area contributed by atoms with Crippen LogP contribution in [-0.4, -0.2) is 60.1 Å².